The van der Waals surface area contributed by atoms with Gasteiger partial charge in [-0.15, -0.1) is 0 Å². The van der Waals surface area contributed by atoms with Gasteiger partial charge < -0.3 is 25.0 Å². The van der Waals surface area contributed by atoms with Crippen LogP contribution >= 0.6 is 12.2 Å². The van der Waals surface area contributed by atoms with Crippen molar-refractivity contribution < 1.29 is 9.84 Å². The van der Waals surface area contributed by atoms with E-state index in [-0.39, 0.29) is 12.2 Å². The van der Waals surface area contributed by atoms with E-state index in [1.807, 2.05) is 55.1 Å². The van der Waals surface area contributed by atoms with Crippen molar-refractivity contribution in [2.45, 2.75) is 26.8 Å². The zero-order chi connectivity index (χ0) is 21.7. The first-order valence-corrected chi connectivity index (χ1v) is 10.3. The van der Waals surface area contributed by atoms with E-state index in [4.69, 9.17) is 17.0 Å². The highest BCUT2D eigenvalue weighted by Crippen LogP contribution is 2.24. The molecular weight excluding hydrogens is 398 g/mol. The molecule has 3 aromatic rings. The number of ether oxygens (including phenoxy) is 1. The van der Waals surface area contributed by atoms with E-state index < -0.39 is 0 Å². The van der Waals surface area contributed by atoms with Crippen LogP contribution in [-0.2, 0) is 6.54 Å². The number of H-pyrrole nitrogens is 1. The number of para-hydroxylation sites is 2. The number of fused-ring (bicyclic) bond motifs is 1. The van der Waals surface area contributed by atoms with Crippen molar-refractivity contribution in [3.63, 3.8) is 0 Å². The molecule has 0 fully saturated rings. The van der Waals surface area contributed by atoms with Crippen LogP contribution in [0, 0.1) is 13.8 Å². The molecule has 0 spiro atoms. The SMILES string of the molecule is COc1ccccc1NC(=S)N(CCCO)Cc1cc2c(C)ccc(C)c2[nH]c1=O. The number of aliphatic hydroxyl groups is 1. The molecule has 1 aromatic heterocycles. The van der Waals surface area contributed by atoms with Gasteiger partial charge in [0.1, 0.15) is 5.75 Å². The summed E-state index contributed by atoms with van der Waals surface area (Å²) >= 11 is 5.63. The van der Waals surface area contributed by atoms with Gasteiger partial charge in [-0.25, -0.2) is 0 Å². The molecule has 0 bridgehead atoms. The van der Waals surface area contributed by atoms with Gasteiger partial charge in [0, 0.05) is 24.1 Å². The molecule has 0 aliphatic rings. The Kier molecular flexibility index (Phi) is 7.07. The lowest BCUT2D eigenvalue weighted by molar-refractivity contribution is 0.265. The smallest absolute Gasteiger partial charge is 0.253 e. The maximum absolute atomic E-state index is 12.8. The summed E-state index contributed by atoms with van der Waals surface area (Å²) in [6.07, 6.45) is 0.539. The minimum absolute atomic E-state index is 0.0418. The molecule has 0 atom stereocenters. The Morgan fingerprint density at radius 2 is 1.93 bits per heavy atom. The summed E-state index contributed by atoms with van der Waals surface area (Å²) in [5.74, 6) is 0.677. The van der Waals surface area contributed by atoms with E-state index in [1.54, 1.807) is 7.11 Å². The van der Waals surface area contributed by atoms with Crippen LogP contribution in [0.5, 0.6) is 5.75 Å². The number of anilines is 1. The standard InChI is InChI=1S/C23H27N3O3S/c1-15-9-10-16(2)21-18(15)13-17(22(28)25-21)14-26(11-6-12-27)23(30)24-19-7-4-5-8-20(19)29-3/h4-5,7-10,13,27H,6,11-12,14H2,1-3H3,(H,24,30)(H,25,28). The number of rotatable bonds is 7. The molecule has 6 nitrogen and oxygen atoms in total. The van der Waals surface area contributed by atoms with Gasteiger partial charge >= 0.3 is 0 Å². The Hall–Kier alpha value is -2.90. The fraction of sp³-hybridized carbons (Fsp3) is 0.304. The van der Waals surface area contributed by atoms with Gasteiger partial charge in [-0.3, -0.25) is 4.79 Å². The second-order valence-corrected chi connectivity index (χ2v) is 7.63. The number of pyridine rings is 1. The Morgan fingerprint density at radius 1 is 1.20 bits per heavy atom. The van der Waals surface area contributed by atoms with Crippen LogP contribution in [0.4, 0.5) is 5.69 Å². The van der Waals surface area contributed by atoms with Gasteiger partial charge in [0.25, 0.3) is 5.56 Å². The number of aliphatic hydroxyl groups excluding tert-OH is 1. The summed E-state index contributed by atoms with van der Waals surface area (Å²) in [4.78, 5) is 17.7. The van der Waals surface area contributed by atoms with Crippen LogP contribution in [0.1, 0.15) is 23.1 Å². The molecule has 1 heterocycles. The first-order chi connectivity index (χ1) is 14.4. The largest absolute Gasteiger partial charge is 0.495 e. The Balaban J connectivity index is 1.91. The van der Waals surface area contributed by atoms with Gasteiger partial charge in [-0.1, -0.05) is 24.3 Å². The third-order valence-electron chi connectivity index (χ3n) is 5.10. The second kappa shape index (κ2) is 9.73. The summed E-state index contributed by atoms with van der Waals surface area (Å²) < 4.78 is 5.38. The van der Waals surface area contributed by atoms with E-state index in [2.05, 4.69) is 16.4 Å². The number of hydrogen-bond acceptors (Lipinski definition) is 4. The zero-order valence-corrected chi connectivity index (χ0v) is 18.3. The predicted octanol–water partition coefficient (Wildman–Crippen LogP) is 3.73. The number of nitrogens with one attached hydrogen (secondary N) is 2. The predicted molar refractivity (Wildman–Crippen MR) is 125 cm³/mol. The summed E-state index contributed by atoms with van der Waals surface area (Å²) in [7, 11) is 1.60. The zero-order valence-electron chi connectivity index (χ0n) is 17.5. The van der Waals surface area contributed by atoms with E-state index >= 15 is 0 Å². The monoisotopic (exact) mass is 425 g/mol. The van der Waals surface area contributed by atoms with Crippen molar-refractivity contribution in [1.29, 1.82) is 0 Å². The number of aromatic amines is 1. The number of aromatic nitrogens is 1. The molecule has 0 aliphatic heterocycles. The minimum Gasteiger partial charge on any atom is -0.495 e. The molecule has 3 N–H and O–H groups in total. The Morgan fingerprint density at radius 3 is 2.67 bits per heavy atom. The third kappa shape index (κ3) is 4.80. The van der Waals surface area contributed by atoms with Gasteiger partial charge in [-0.2, -0.15) is 0 Å². The summed E-state index contributed by atoms with van der Waals surface area (Å²) in [5, 5.41) is 14.0. The number of benzene rings is 2. The highest BCUT2D eigenvalue weighted by Gasteiger charge is 2.15. The molecule has 0 saturated carbocycles. The molecule has 30 heavy (non-hydrogen) atoms. The molecular formula is C23H27N3O3S. The second-order valence-electron chi connectivity index (χ2n) is 7.24. The lowest BCUT2D eigenvalue weighted by Crippen LogP contribution is -2.37. The van der Waals surface area contributed by atoms with Gasteiger partial charge in [-0.05, 0) is 61.8 Å². The fourth-order valence-electron chi connectivity index (χ4n) is 3.40. The Labute approximate surface area is 181 Å². The number of methoxy groups -OCH3 is 1. The lowest BCUT2D eigenvalue weighted by Gasteiger charge is -2.26. The number of nitrogens with zero attached hydrogens (tertiary/aromatic N) is 1. The maximum atomic E-state index is 12.8. The van der Waals surface area contributed by atoms with E-state index in [0.29, 0.717) is 35.9 Å². The average molecular weight is 426 g/mol. The van der Waals surface area contributed by atoms with Crippen LogP contribution in [0.25, 0.3) is 10.9 Å². The fourth-order valence-corrected chi connectivity index (χ4v) is 3.66. The van der Waals surface area contributed by atoms with Crippen LogP contribution in [0.15, 0.2) is 47.3 Å². The number of aryl methyl sites for hydroxylation is 2. The quantitative estimate of drug-likeness (QED) is 0.501. The normalized spacial score (nSPS) is 10.8. The highest BCUT2D eigenvalue weighted by atomic mass is 32.1. The van der Waals surface area contributed by atoms with Crippen LogP contribution < -0.4 is 15.6 Å². The summed E-state index contributed by atoms with van der Waals surface area (Å²) in [5.41, 5.74) is 4.23. The van der Waals surface area contributed by atoms with Crippen molar-refractivity contribution in [2.75, 3.05) is 25.6 Å². The summed E-state index contributed by atoms with van der Waals surface area (Å²) in [6.45, 7) is 4.90. The number of thiocarbonyl (C=S) groups is 1. The van der Waals surface area contributed by atoms with Crippen molar-refractivity contribution in [3.05, 3.63) is 69.5 Å². The van der Waals surface area contributed by atoms with E-state index in [0.717, 1.165) is 27.7 Å². The molecule has 0 aliphatic carbocycles. The van der Waals surface area contributed by atoms with Crippen LogP contribution in [0.3, 0.4) is 0 Å². The van der Waals surface area contributed by atoms with Gasteiger partial charge in [0.05, 0.1) is 24.9 Å². The maximum Gasteiger partial charge on any atom is 0.253 e. The van der Waals surface area contributed by atoms with Crippen LogP contribution in [0.2, 0.25) is 0 Å². The molecule has 0 amide bonds. The van der Waals surface area contributed by atoms with Gasteiger partial charge in [0.2, 0.25) is 0 Å². The third-order valence-corrected chi connectivity index (χ3v) is 5.46. The van der Waals surface area contributed by atoms with Gasteiger partial charge in [0.15, 0.2) is 5.11 Å². The summed E-state index contributed by atoms with van der Waals surface area (Å²) in [6, 6.07) is 13.5. The van der Waals surface area contributed by atoms with Crippen molar-refractivity contribution in [3.8, 4) is 5.75 Å². The first-order valence-electron chi connectivity index (χ1n) is 9.86. The van der Waals surface area contributed by atoms with E-state index in [9.17, 15) is 9.90 Å². The molecule has 0 saturated heterocycles. The highest BCUT2D eigenvalue weighted by molar-refractivity contribution is 7.80. The molecule has 0 radical (unpaired) electrons. The van der Waals surface area contributed by atoms with Crippen LogP contribution in [-0.4, -0.2) is 40.4 Å². The van der Waals surface area contributed by atoms with Crippen molar-refractivity contribution in [1.82, 2.24) is 9.88 Å². The number of hydrogen-bond donors (Lipinski definition) is 3. The lowest BCUT2D eigenvalue weighted by atomic mass is 10.0. The van der Waals surface area contributed by atoms with E-state index in [1.165, 1.54) is 0 Å². The van der Waals surface area contributed by atoms with Crippen molar-refractivity contribution >= 4 is 33.9 Å². The topological polar surface area (TPSA) is 77.6 Å². The Bertz CT molecular complexity index is 1110. The average Bonchev–Trinajstić information content (AvgIpc) is 2.74. The molecule has 7 heteroatoms. The molecule has 0 unspecified atom stereocenters. The molecule has 3 rings (SSSR count). The van der Waals surface area contributed by atoms with Crippen molar-refractivity contribution in [2.24, 2.45) is 0 Å². The molecule has 2 aromatic carbocycles. The molecule has 158 valence electrons. The minimum atomic E-state index is -0.134. The first kappa shape index (κ1) is 21.8.